The molecule has 0 atom stereocenters. The zero-order chi connectivity index (χ0) is 20.4. The summed E-state index contributed by atoms with van der Waals surface area (Å²) in [4.78, 5) is 20.0. The SMILES string of the molecule is C(=Nc1ccccc1SSc1ccccc1N=Cc1ccccn1)c1ccccn1. The summed E-state index contributed by atoms with van der Waals surface area (Å²) in [6.07, 6.45) is 7.10. The van der Waals surface area contributed by atoms with Crippen molar-refractivity contribution in [2.24, 2.45) is 9.98 Å². The number of aliphatic imine (C=N–C) groups is 2. The highest BCUT2D eigenvalue weighted by molar-refractivity contribution is 8.76. The largest absolute Gasteiger partial charge is 0.255 e. The van der Waals surface area contributed by atoms with Crippen LogP contribution in [0.15, 0.2) is 117 Å². The molecule has 4 aromatic rings. The fourth-order valence-corrected chi connectivity index (χ4v) is 4.78. The second-order valence-corrected chi connectivity index (χ2v) is 8.34. The fraction of sp³-hybridized carbons (Fsp3) is 0. The number of para-hydroxylation sites is 2. The molecule has 0 saturated carbocycles. The van der Waals surface area contributed by atoms with Crippen molar-refractivity contribution in [2.45, 2.75) is 9.79 Å². The van der Waals surface area contributed by atoms with Crippen LogP contribution in [0.3, 0.4) is 0 Å². The zero-order valence-corrected chi connectivity index (χ0v) is 17.6. The molecule has 0 N–H and O–H groups in total. The standard InChI is InChI=1S/C24H18N4S2/c1-3-13-23(21(11-1)27-17-19-9-5-7-15-25-19)29-30-24-14-4-2-12-22(24)28-18-20-10-6-8-16-26-20/h1-18H. The first-order valence-electron chi connectivity index (χ1n) is 9.31. The van der Waals surface area contributed by atoms with E-state index in [0.29, 0.717) is 0 Å². The number of benzene rings is 2. The summed E-state index contributed by atoms with van der Waals surface area (Å²) in [5, 5.41) is 0. The Labute approximate surface area is 183 Å². The van der Waals surface area contributed by atoms with Gasteiger partial charge in [0.1, 0.15) is 0 Å². The summed E-state index contributed by atoms with van der Waals surface area (Å²) in [7, 11) is 3.33. The number of nitrogens with zero attached hydrogens (tertiary/aromatic N) is 4. The summed E-state index contributed by atoms with van der Waals surface area (Å²) >= 11 is 0. The van der Waals surface area contributed by atoms with Gasteiger partial charge in [-0.05, 0) is 48.5 Å². The molecule has 4 rings (SSSR count). The van der Waals surface area contributed by atoms with Crippen LogP contribution in [0, 0.1) is 0 Å². The fourth-order valence-electron chi connectivity index (χ4n) is 2.53. The maximum atomic E-state index is 4.63. The average Bonchev–Trinajstić information content (AvgIpc) is 2.82. The Morgan fingerprint density at radius 2 is 0.967 bits per heavy atom. The second-order valence-electron chi connectivity index (χ2n) is 6.13. The molecule has 0 fully saturated rings. The molecule has 0 spiro atoms. The van der Waals surface area contributed by atoms with E-state index in [0.717, 1.165) is 32.6 Å². The predicted octanol–water partition coefficient (Wildman–Crippen LogP) is 6.78. The van der Waals surface area contributed by atoms with Crippen molar-refractivity contribution in [3.8, 4) is 0 Å². The van der Waals surface area contributed by atoms with Crippen LogP contribution in [0.1, 0.15) is 11.4 Å². The van der Waals surface area contributed by atoms with Gasteiger partial charge in [-0.1, -0.05) is 58.0 Å². The third kappa shape index (κ3) is 5.65. The summed E-state index contributed by atoms with van der Waals surface area (Å²) in [5.74, 6) is 0. The molecular weight excluding hydrogens is 408 g/mol. The molecule has 0 aliphatic carbocycles. The highest BCUT2D eigenvalue weighted by atomic mass is 33.1. The minimum Gasteiger partial charge on any atom is -0.255 e. The lowest BCUT2D eigenvalue weighted by atomic mass is 10.3. The molecule has 2 heterocycles. The topological polar surface area (TPSA) is 50.5 Å². The maximum Gasteiger partial charge on any atom is 0.0812 e. The number of aromatic nitrogens is 2. The normalized spacial score (nSPS) is 11.3. The van der Waals surface area contributed by atoms with Gasteiger partial charge in [-0.25, -0.2) is 0 Å². The van der Waals surface area contributed by atoms with Crippen molar-refractivity contribution < 1.29 is 0 Å². The molecule has 0 amide bonds. The first-order chi connectivity index (χ1) is 14.9. The van der Waals surface area contributed by atoms with Gasteiger partial charge in [0, 0.05) is 22.2 Å². The van der Waals surface area contributed by atoms with Gasteiger partial charge in [0.05, 0.1) is 35.2 Å². The lowest BCUT2D eigenvalue weighted by Crippen LogP contribution is -1.84. The van der Waals surface area contributed by atoms with E-state index in [2.05, 4.69) is 32.1 Å². The molecule has 6 heteroatoms. The van der Waals surface area contributed by atoms with Gasteiger partial charge in [-0.3, -0.25) is 20.0 Å². The molecule has 4 nitrogen and oxygen atoms in total. The van der Waals surface area contributed by atoms with Crippen molar-refractivity contribution >= 4 is 45.4 Å². The van der Waals surface area contributed by atoms with Crippen LogP contribution in [0.4, 0.5) is 11.4 Å². The van der Waals surface area contributed by atoms with E-state index in [1.165, 1.54) is 0 Å². The molecule has 0 unspecified atom stereocenters. The Balaban J connectivity index is 1.49. The third-order valence-corrected chi connectivity index (χ3v) is 6.46. The lowest BCUT2D eigenvalue weighted by Gasteiger charge is -2.07. The van der Waals surface area contributed by atoms with Crippen molar-refractivity contribution in [3.05, 3.63) is 109 Å². The number of hydrogen-bond donors (Lipinski definition) is 0. The second kappa shape index (κ2) is 10.5. The van der Waals surface area contributed by atoms with Crippen LogP contribution >= 0.6 is 21.6 Å². The van der Waals surface area contributed by atoms with E-state index >= 15 is 0 Å². The first-order valence-corrected chi connectivity index (χ1v) is 11.5. The van der Waals surface area contributed by atoms with Crippen LogP contribution in [0.25, 0.3) is 0 Å². The molecular formula is C24H18N4S2. The Hall–Kier alpha value is -3.22. The smallest absolute Gasteiger partial charge is 0.0812 e. The number of hydrogen-bond acceptors (Lipinski definition) is 6. The number of rotatable bonds is 7. The zero-order valence-electron chi connectivity index (χ0n) is 16.0. The minimum atomic E-state index is 0.833. The Morgan fingerprint density at radius 1 is 0.533 bits per heavy atom. The van der Waals surface area contributed by atoms with E-state index in [-0.39, 0.29) is 0 Å². The van der Waals surface area contributed by atoms with Gasteiger partial charge in [0.15, 0.2) is 0 Å². The van der Waals surface area contributed by atoms with E-state index in [1.54, 1.807) is 46.4 Å². The molecule has 2 aromatic carbocycles. The van der Waals surface area contributed by atoms with E-state index in [1.807, 2.05) is 72.8 Å². The van der Waals surface area contributed by atoms with Gasteiger partial charge in [-0.2, -0.15) is 0 Å². The van der Waals surface area contributed by atoms with Crippen molar-refractivity contribution in [3.63, 3.8) is 0 Å². The molecule has 2 aromatic heterocycles. The molecule has 0 aliphatic rings. The van der Waals surface area contributed by atoms with Crippen LogP contribution < -0.4 is 0 Å². The van der Waals surface area contributed by atoms with Crippen LogP contribution in [-0.4, -0.2) is 22.4 Å². The minimum absolute atomic E-state index is 0.833. The van der Waals surface area contributed by atoms with Crippen LogP contribution in [-0.2, 0) is 0 Å². The molecule has 0 radical (unpaired) electrons. The van der Waals surface area contributed by atoms with Crippen molar-refractivity contribution in [2.75, 3.05) is 0 Å². The summed E-state index contributed by atoms with van der Waals surface area (Å²) < 4.78 is 0. The molecule has 0 saturated heterocycles. The molecule has 146 valence electrons. The summed E-state index contributed by atoms with van der Waals surface area (Å²) in [6, 6.07) is 27.7. The summed E-state index contributed by atoms with van der Waals surface area (Å²) in [6.45, 7) is 0. The quantitative estimate of drug-likeness (QED) is 0.241. The van der Waals surface area contributed by atoms with Crippen molar-refractivity contribution in [1.29, 1.82) is 0 Å². The average molecular weight is 427 g/mol. The van der Waals surface area contributed by atoms with Gasteiger partial charge >= 0.3 is 0 Å². The Kier molecular flexibility index (Phi) is 7.04. The van der Waals surface area contributed by atoms with E-state index in [9.17, 15) is 0 Å². The van der Waals surface area contributed by atoms with E-state index < -0.39 is 0 Å². The summed E-state index contributed by atoms with van der Waals surface area (Å²) in [5.41, 5.74) is 3.49. The lowest BCUT2D eigenvalue weighted by molar-refractivity contribution is 1.29. The van der Waals surface area contributed by atoms with Gasteiger partial charge in [-0.15, -0.1) is 0 Å². The number of pyridine rings is 2. The van der Waals surface area contributed by atoms with Crippen LogP contribution in [0.2, 0.25) is 0 Å². The first kappa shape index (κ1) is 20.1. The third-order valence-electron chi connectivity index (χ3n) is 4.00. The maximum absolute atomic E-state index is 4.63. The molecule has 0 bridgehead atoms. The monoisotopic (exact) mass is 426 g/mol. The van der Waals surface area contributed by atoms with Crippen LogP contribution in [0.5, 0.6) is 0 Å². The van der Waals surface area contributed by atoms with Crippen molar-refractivity contribution in [1.82, 2.24) is 9.97 Å². The molecule has 0 aliphatic heterocycles. The van der Waals surface area contributed by atoms with Gasteiger partial charge < -0.3 is 0 Å². The van der Waals surface area contributed by atoms with E-state index in [4.69, 9.17) is 0 Å². The highest BCUT2D eigenvalue weighted by Gasteiger charge is 2.06. The van der Waals surface area contributed by atoms with Gasteiger partial charge in [0.2, 0.25) is 0 Å². The Morgan fingerprint density at radius 3 is 1.40 bits per heavy atom. The Bertz CT molecular complexity index is 1050. The highest BCUT2D eigenvalue weighted by Crippen LogP contribution is 2.44. The van der Waals surface area contributed by atoms with Gasteiger partial charge in [0.25, 0.3) is 0 Å². The predicted molar refractivity (Wildman–Crippen MR) is 128 cm³/mol. The molecule has 30 heavy (non-hydrogen) atoms.